The van der Waals surface area contributed by atoms with E-state index < -0.39 is 5.91 Å². The smallest absolute Gasteiger partial charge is 0.266 e. The maximum atomic E-state index is 12.5. The molecule has 0 aliphatic heterocycles. The van der Waals surface area contributed by atoms with E-state index in [0.29, 0.717) is 28.6 Å². The van der Waals surface area contributed by atoms with Crippen molar-refractivity contribution in [2.45, 2.75) is 20.3 Å². The molecule has 0 spiro atoms. The highest BCUT2D eigenvalue weighted by atomic mass is 79.9. The first-order valence-corrected chi connectivity index (χ1v) is 9.23. The zero-order valence-electron chi connectivity index (χ0n) is 14.5. The third kappa shape index (κ3) is 5.35. The van der Waals surface area contributed by atoms with Crippen molar-refractivity contribution >= 4 is 45.2 Å². The molecule has 0 saturated heterocycles. The molecule has 2 aromatic carbocycles. The number of nitriles is 1. The van der Waals surface area contributed by atoms with Gasteiger partial charge in [-0.1, -0.05) is 40.5 Å². The van der Waals surface area contributed by atoms with Crippen LogP contribution in [0, 0.1) is 18.3 Å². The fourth-order valence-corrected chi connectivity index (χ4v) is 2.75. The van der Waals surface area contributed by atoms with Gasteiger partial charge in [0, 0.05) is 20.7 Å². The van der Waals surface area contributed by atoms with Gasteiger partial charge in [-0.15, -0.1) is 0 Å². The lowest BCUT2D eigenvalue weighted by molar-refractivity contribution is -0.112. The van der Waals surface area contributed by atoms with Crippen molar-refractivity contribution in [1.82, 2.24) is 0 Å². The van der Waals surface area contributed by atoms with Crippen LogP contribution in [-0.2, 0) is 4.79 Å². The Morgan fingerprint density at radius 1 is 1.35 bits per heavy atom. The summed E-state index contributed by atoms with van der Waals surface area (Å²) in [4.78, 5) is 12.5. The largest absolute Gasteiger partial charge is 0.493 e. The minimum Gasteiger partial charge on any atom is -0.493 e. The van der Waals surface area contributed by atoms with E-state index >= 15 is 0 Å². The van der Waals surface area contributed by atoms with Crippen LogP contribution in [0.25, 0.3) is 6.08 Å². The number of benzene rings is 2. The van der Waals surface area contributed by atoms with Crippen LogP contribution in [0.1, 0.15) is 24.5 Å². The first-order valence-electron chi connectivity index (χ1n) is 8.06. The molecule has 6 heteroatoms. The number of ether oxygens (including phenoxy) is 1. The number of aryl methyl sites for hydroxylation is 1. The lowest BCUT2D eigenvalue weighted by Crippen LogP contribution is -2.14. The van der Waals surface area contributed by atoms with Crippen molar-refractivity contribution in [2.24, 2.45) is 0 Å². The van der Waals surface area contributed by atoms with Crippen LogP contribution in [0.15, 0.2) is 46.4 Å². The average molecular weight is 434 g/mol. The van der Waals surface area contributed by atoms with Crippen LogP contribution in [0.3, 0.4) is 0 Å². The summed E-state index contributed by atoms with van der Waals surface area (Å²) in [6, 6.07) is 12.6. The van der Waals surface area contributed by atoms with Gasteiger partial charge in [0.1, 0.15) is 17.4 Å². The van der Waals surface area contributed by atoms with Crippen LogP contribution in [0.4, 0.5) is 5.69 Å². The predicted molar refractivity (Wildman–Crippen MR) is 108 cm³/mol. The van der Waals surface area contributed by atoms with Gasteiger partial charge in [-0.25, -0.2) is 0 Å². The zero-order valence-corrected chi connectivity index (χ0v) is 16.8. The third-order valence-electron chi connectivity index (χ3n) is 3.55. The standard InChI is InChI=1S/C20H18BrClN2O2/c1-3-8-26-19-7-5-16(21)10-14(19)9-15(12-23)20(25)24-18-11-17(22)6-4-13(18)2/h4-7,9-11H,3,8H2,1-2H3,(H,24,25)/b15-9+. The summed E-state index contributed by atoms with van der Waals surface area (Å²) >= 11 is 9.38. The molecule has 0 radical (unpaired) electrons. The van der Waals surface area contributed by atoms with Gasteiger partial charge in [0.25, 0.3) is 5.91 Å². The van der Waals surface area contributed by atoms with Crippen molar-refractivity contribution in [3.8, 4) is 11.8 Å². The van der Waals surface area contributed by atoms with Crippen LogP contribution < -0.4 is 10.1 Å². The molecule has 1 amide bonds. The third-order valence-corrected chi connectivity index (χ3v) is 4.27. The molecule has 0 unspecified atom stereocenters. The van der Waals surface area contributed by atoms with Crippen molar-refractivity contribution in [1.29, 1.82) is 5.26 Å². The second kappa shape index (κ2) is 9.42. The van der Waals surface area contributed by atoms with Gasteiger partial charge in [0.05, 0.1) is 6.61 Å². The number of nitrogens with one attached hydrogen (secondary N) is 1. The Morgan fingerprint density at radius 3 is 2.81 bits per heavy atom. The van der Waals surface area contributed by atoms with Gasteiger partial charge in [0.2, 0.25) is 0 Å². The molecular weight excluding hydrogens is 416 g/mol. The minimum atomic E-state index is -0.501. The Labute approximate surface area is 166 Å². The fourth-order valence-electron chi connectivity index (χ4n) is 2.20. The molecule has 0 atom stereocenters. The van der Waals surface area contributed by atoms with Crippen molar-refractivity contribution in [2.75, 3.05) is 11.9 Å². The van der Waals surface area contributed by atoms with Crippen LogP contribution >= 0.6 is 27.5 Å². The maximum absolute atomic E-state index is 12.5. The molecule has 26 heavy (non-hydrogen) atoms. The number of carbonyl (C=O) groups excluding carboxylic acids is 1. The predicted octanol–water partition coefficient (Wildman–Crippen LogP) is 5.75. The molecule has 0 bridgehead atoms. The van der Waals surface area contributed by atoms with E-state index in [1.54, 1.807) is 30.3 Å². The molecule has 4 nitrogen and oxygen atoms in total. The van der Waals surface area contributed by atoms with Crippen LogP contribution in [-0.4, -0.2) is 12.5 Å². The summed E-state index contributed by atoms with van der Waals surface area (Å²) in [5.74, 6) is 0.119. The number of anilines is 1. The van der Waals surface area contributed by atoms with E-state index in [1.165, 1.54) is 6.08 Å². The maximum Gasteiger partial charge on any atom is 0.266 e. The molecule has 0 heterocycles. The first kappa shape index (κ1) is 20.0. The van der Waals surface area contributed by atoms with E-state index in [4.69, 9.17) is 16.3 Å². The van der Waals surface area contributed by atoms with E-state index in [9.17, 15) is 10.1 Å². The minimum absolute atomic E-state index is 0.0242. The van der Waals surface area contributed by atoms with Gasteiger partial charge < -0.3 is 10.1 Å². The first-order chi connectivity index (χ1) is 12.4. The normalized spacial score (nSPS) is 11.0. The zero-order chi connectivity index (χ0) is 19.1. The number of nitrogens with zero attached hydrogens (tertiary/aromatic N) is 1. The van der Waals surface area contributed by atoms with Crippen LogP contribution in [0.2, 0.25) is 5.02 Å². The van der Waals surface area contributed by atoms with Crippen molar-refractivity contribution in [3.05, 3.63) is 62.6 Å². The van der Waals surface area contributed by atoms with Gasteiger partial charge in [-0.2, -0.15) is 5.26 Å². The van der Waals surface area contributed by atoms with Gasteiger partial charge in [0.15, 0.2) is 0 Å². The molecule has 2 rings (SSSR count). The molecule has 0 aromatic heterocycles. The number of hydrogen-bond acceptors (Lipinski definition) is 3. The Kier molecular flexibility index (Phi) is 7.26. The van der Waals surface area contributed by atoms with Crippen molar-refractivity contribution in [3.63, 3.8) is 0 Å². The number of amides is 1. The number of hydrogen-bond donors (Lipinski definition) is 1. The summed E-state index contributed by atoms with van der Waals surface area (Å²) in [5, 5.41) is 12.7. The molecule has 0 fully saturated rings. The SMILES string of the molecule is CCCOc1ccc(Br)cc1/C=C(\C#N)C(=O)Nc1cc(Cl)ccc1C. The molecule has 2 aromatic rings. The second-order valence-electron chi connectivity index (χ2n) is 5.61. The summed E-state index contributed by atoms with van der Waals surface area (Å²) in [6.07, 6.45) is 2.38. The topological polar surface area (TPSA) is 62.1 Å². The Balaban J connectivity index is 2.32. The second-order valence-corrected chi connectivity index (χ2v) is 6.97. The van der Waals surface area contributed by atoms with Gasteiger partial charge >= 0.3 is 0 Å². The molecule has 0 aliphatic rings. The summed E-state index contributed by atoms with van der Waals surface area (Å²) in [6.45, 7) is 4.42. The Bertz CT molecular complexity index is 888. The number of halogens is 2. The van der Waals surface area contributed by atoms with E-state index in [2.05, 4.69) is 21.2 Å². The molecule has 0 aliphatic carbocycles. The summed E-state index contributed by atoms with van der Waals surface area (Å²) < 4.78 is 6.53. The van der Waals surface area contributed by atoms with E-state index in [0.717, 1.165) is 16.5 Å². The molecule has 0 saturated carbocycles. The highest BCUT2D eigenvalue weighted by molar-refractivity contribution is 9.10. The fraction of sp³-hybridized carbons (Fsp3) is 0.200. The molecule has 134 valence electrons. The number of carbonyl (C=O) groups is 1. The highest BCUT2D eigenvalue weighted by Crippen LogP contribution is 2.26. The monoisotopic (exact) mass is 432 g/mol. The van der Waals surface area contributed by atoms with Crippen LogP contribution in [0.5, 0.6) is 5.75 Å². The average Bonchev–Trinajstić information content (AvgIpc) is 2.61. The summed E-state index contributed by atoms with van der Waals surface area (Å²) in [5.41, 5.74) is 2.06. The molecule has 1 N–H and O–H groups in total. The van der Waals surface area contributed by atoms with Gasteiger partial charge in [-0.05, 0) is 55.3 Å². The van der Waals surface area contributed by atoms with Crippen molar-refractivity contribution < 1.29 is 9.53 Å². The van der Waals surface area contributed by atoms with E-state index in [-0.39, 0.29) is 5.57 Å². The Morgan fingerprint density at radius 2 is 2.12 bits per heavy atom. The van der Waals surface area contributed by atoms with Gasteiger partial charge in [-0.3, -0.25) is 4.79 Å². The molecular formula is C20H18BrClN2O2. The quantitative estimate of drug-likeness (QED) is 0.466. The summed E-state index contributed by atoms with van der Waals surface area (Å²) in [7, 11) is 0. The van der Waals surface area contributed by atoms with E-state index in [1.807, 2.05) is 26.0 Å². The Hall–Kier alpha value is -2.29. The number of rotatable bonds is 6. The highest BCUT2D eigenvalue weighted by Gasteiger charge is 2.13. The lowest BCUT2D eigenvalue weighted by Gasteiger charge is -2.10. The lowest BCUT2D eigenvalue weighted by atomic mass is 10.1.